The molecule has 0 saturated carbocycles. The van der Waals surface area contributed by atoms with Crippen molar-refractivity contribution < 1.29 is 36.2 Å². The van der Waals surface area contributed by atoms with Crippen LogP contribution in [0.5, 0.6) is 11.5 Å². The minimum absolute atomic E-state index is 0.0504. The van der Waals surface area contributed by atoms with E-state index in [4.69, 9.17) is 4.74 Å². The van der Waals surface area contributed by atoms with Gasteiger partial charge in [0, 0.05) is 5.56 Å². The lowest BCUT2D eigenvalue weighted by molar-refractivity contribution is -0.137. The van der Waals surface area contributed by atoms with E-state index in [-0.39, 0.29) is 17.1 Å². The maximum absolute atomic E-state index is 12.5. The van der Waals surface area contributed by atoms with Gasteiger partial charge in [-0.25, -0.2) is 0 Å². The molecule has 0 heterocycles. The molecule has 0 radical (unpaired) electrons. The fourth-order valence-electron chi connectivity index (χ4n) is 2.07. The molecule has 0 aliphatic carbocycles. The van der Waals surface area contributed by atoms with Crippen molar-refractivity contribution in [3.8, 4) is 11.5 Å². The minimum Gasteiger partial charge on any atom is -0.493 e. The van der Waals surface area contributed by atoms with Crippen LogP contribution in [0.15, 0.2) is 48.5 Å². The molecule has 0 spiro atoms. The first-order valence-corrected chi connectivity index (χ1v) is 7.23. The largest absolute Gasteiger partial charge is 0.493 e. The average molecular weight is 372 g/mol. The summed E-state index contributed by atoms with van der Waals surface area (Å²) in [5, 5.41) is 0. The van der Waals surface area contributed by atoms with Crippen LogP contribution in [-0.2, 0) is 6.18 Å². The number of hydrogen-bond acceptors (Lipinski definition) is 3. The smallest absolute Gasteiger partial charge is 0.416 e. The van der Waals surface area contributed by atoms with E-state index in [9.17, 15) is 26.7 Å². The van der Waals surface area contributed by atoms with Gasteiger partial charge in [0.2, 0.25) is 0 Å². The van der Waals surface area contributed by atoms with E-state index in [2.05, 4.69) is 4.74 Å². The van der Waals surface area contributed by atoms with E-state index >= 15 is 0 Å². The maximum Gasteiger partial charge on any atom is 0.416 e. The second kappa shape index (κ2) is 7.99. The van der Waals surface area contributed by atoms with Gasteiger partial charge in [-0.2, -0.15) is 22.0 Å². The third-order valence-corrected chi connectivity index (χ3v) is 3.33. The predicted octanol–water partition coefficient (Wildman–Crippen LogP) is 5.21. The number of halogens is 5. The number of ketones is 1. The number of alkyl halides is 5. The van der Waals surface area contributed by atoms with Crippen LogP contribution in [0.1, 0.15) is 21.5 Å². The molecule has 0 atom stereocenters. The molecule has 0 fully saturated rings. The maximum atomic E-state index is 12.5. The number of methoxy groups -OCH3 is 1. The molecule has 0 N–H and O–H groups in total. The molecule has 0 bridgehead atoms. The van der Waals surface area contributed by atoms with Gasteiger partial charge in [-0.3, -0.25) is 4.79 Å². The van der Waals surface area contributed by atoms with Gasteiger partial charge in [0.15, 0.2) is 17.3 Å². The highest BCUT2D eigenvalue weighted by molar-refractivity contribution is 6.06. The van der Waals surface area contributed by atoms with Gasteiger partial charge in [0.25, 0.3) is 0 Å². The van der Waals surface area contributed by atoms with Crippen molar-refractivity contribution in [1.29, 1.82) is 0 Å². The number of rotatable bonds is 6. The van der Waals surface area contributed by atoms with Gasteiger partial charge >= 0.3 is 12.8 Å². The standard InChI is InChI=1S/C18H13F5O3/c1-25-16-10-11(3-9-15(16)26-17(19)20)2-8-14(24)12-4-6-13(7-5-12)18(21,22)23/h2-10,17H,1H3. The Hall–Kier alpha value is -2.90. The Morgan fingerprint density at radius 1 is 1.04 bits per heavy atom. The first kappa shape index (κ1) is 19.4. The second-order valence-corrected chi connectivity index (χ2v) is 5.06. The zero-order valence-electron chi connectivity index (χ0n) is 13.4. The molecule has 0 aliphatic heterocycles. The van der Waals surface area contributed by atoms with E-state index in [0.717, 1.165) is 30.3 Å². The Morgan fingerprint density at radius 3 is 2.23 bits per heavy atom. The van der Waals surface area contributed by atoms with E-state index in [1.165, 1.54) is 31.4 Å². The van der Waals surface area contributed by atoms with Gasteiger partial charge < -0.3 is 9.47 Å². The van der Waals surface area contributed by atoms with Crippen LogP contribution < -0.4 is 9.47 Å². The molecule has 0 aromatic heterocycles. The highest BCUT2D eigenvalue weighted by Crippen LogP contribution is 2.30. The fourth-order valence-corrected chi connectivity index (χ4v) is 2.07. The summed E-state index contributed by atoms with van der Waals surface area (Å²) in [6.07, 6.45) is -1.93. The van der Waals surface area contributed by atoms with Gasteiger partial charge in [-0.15, -0.1) is 0 Å². The van der Waals surface area contributed by atoms with E-state index in [1.54, 1.807) is 0 Å². The molecule has 2 aromatic carbocycles. The molecule has 2 rings (SSSR count). The first-order chi connectivity index (χ1) is 12.2. The topological polar surface area (TPSA) is 35.5 Å². The quantitative estimate of drug-likeness (QED) is 0.397. The van der Waals surface area contributed by atoms with Gasteiger partial charge in [0.1, 0.15) is 0 Å². The van der Waals surface area contributed by atoms with Crippen LogP contribution in [0.25, 0.3) is 6.08 Å². The van der Waals surface area contributed by atoms with Gasteiger partial charge in [0.05, 0.1) is 12.7 Å². The zero-order valence-corrected chi connectivity index (χ0v) is 13.4. The number of allylic oxidation sites excluding steroid dienone is 1. The molecule has 8 heteroatoms. The molecular formula is C18H13F5O3. The number of hydrogen-bond donors (Lipinski definition) is 0. The van der Waals surface area contributed by atoms with Crippen molar-refractivity contribution in [3.63, 3.8) is 0 Å². The Bertz CT molecular complexity index is 795. The van der Waals surface area contributed by atoms with Crippen molar-refractivity contribution in [2.45, 2.75) is 12.8 Å². The summed E-state index contributed by atoms with van der Waals surface area (Å²) >= 11 is 0. The third-order valence-electron chi connectivity index (χ3n) is 3.33. The molecule has 26 heavy (non-hydrogen) atoms. The van der Waals surface area contributed by atoms with Crippen molar-refractivity contribution in [2.75, 3.05) is 7.11 Å². The molecule has 138 valence electrons. The highest BCUT2D eigenvalue weighted by atomic mass is 19.4. The lowest BCUT2D eigenvalue weighted by atomic mass is 10.1. The summed E-state index contributed by atoms with van der Waals surface area (Å²) < 4.78 is 71.3. The molecule has 3 nitrogen and oxygen atoms in total. The van der Waals surface area contributed by atoms with Crippen molar-refractivity contribution in [2.24, 2.45) is 0 Å². The summed E-state index contributed by atoms with van der Waals surface area (Å²) in [6.45, 7) is -3.01. The van der Waals surface area contributed by atoms with Crippen LogP contribution in [-0.4, -0.2) is 19.5 Å². The monoisotopic (exact) mass is 372 g/mol. The van der Waals surface area contributed by atoms with Gasteiger partial charge in [-0.1, -0.05) is 24.3 Å². The van der Waals surface area contributed by atoms with Crippen LogP contribution >= 0.6 is 0 Å². The lowest BCUT2D eigenvalue weighted by Gasteiger charge is -2.10. The van der Waals surface area contributed by atoms with Crippen molar-refractivity contribution >= 4 is 11.9 Å². The lowest BCUT2D eigenvalue weighted by Crippen LogP contribution is -2.05. The van der Waals surface area contributed by atoms with E-state index < -0.39 is 24.1 Å². The molecule has 2 aromatic rings. The number of carbonyl (C=O) groups excluding carboxylic acids is 1. The Morgan fingerprint density at radius 2 is 1.69 bits per heavy atom. The fraction of sp³-hybridized carbons (Fsp3) is 0.167. The summed E-state index contributed by atoms with van der Waals surface area (Å²) in [6, 6.07) is 7.87. The Balaban J connectivity index is 2.14. The van der Waals surface area contributed by atoms with Gasteiger partial charge in [-0.05, 0) is 35.9 Å². The second-order valence-electron chi connectivity index (χ2n) is 5.06. The molecule has 0 amide bonds. The zero-order chi connectivity index (χ0) is 19.3. The SMILES string of the molecule is COc1cc(C=CC(=O)c2ccc(C(F)(F)F)cc2)ccc1OC(F)F. The highest BCUT2D eigenvalue weighted by Gasteiger charge is 2.30. The molecule has 0 aliphatic rings. The number of benzene rings is 2. The van der Waals surface area contributed by atoms with Crippen LogP contribution in [0.4, 0.5) is 22.0 Å². The van der Waals surface area contributed by atoms with Crippen LogP contribution in [0.2, 0.25) is 0 Å². The van der Waals surface area contributed by atoms with E-state index in [1.807, 2.05) is 0 Å². The predicted molar refractivity (Wildman–Crippen MR) is 84.4 cm³/mol. The minimum atomic E-state index is -4.48. The molecule has 0 unspecified atom stereocenters. The Kier molecular flexibility index (Phi) is 5.97. The number of ether oxygens (including phenoxy) is 2. The summed E-state index contributed by atoms with van der Waals surface area (Å²) in [7, 11) is 1.27. The third kappa shape index (κ3) is 5.05. The Labute approximate surface area is 145 Å². The molecule has 0 saturated heterocycles. The summed E-state index contributed by atoms with van der Waals surface area (Å²) in [5.41, 5.74) is -0.306. The van der Waals surface area contributed by atoms with Crippen molar-refractivity contribution in [1.82, 2.24) is 0 Å². The normalized spacial score (nSPS) is 11.8. The van der Waals surface area contributed by atoms with Crippen LogP contribution in [0.3, 0.4) is 0 Å². The number of carbonyl (C=O) groups is 1. The first-order valence-electron chi connectivity index (χ1n) is 7.23. The summed E-state index contributed by atoms with van der Waals surface area (Å²) in [4.78, 5) is 12.0. The van der Waals surface area contributed by atoms with Crippen LogP contribution in [0, 0.1) is 0 Å². The summed E-state index contributed by atoms with van der Waals surface area (Å²) in [5.74, 6) is -0.617. The van der Waals surface area contributed by atoms with E-state index in [0.29, 0.717) is 5.56 Å². The molecular weight excluding hydrogens is 359 g/mol. The van der Waals surface area contributed by atoms with Crippen molar-refractivity contribution in [3.05, 3.63) is 65.2 Å². The average Bonchev–Trinajstić information content (AvgIpc) is 2.59.